The van der Waals surface area contributed by atoms with Crippen LogP contribution in [0.3, 0.4) is 0 Å². The minimum absolute atomic E-state index is 0.0164. The van der Waals surface area contributed by atoms with E-state index in [9.17, 15) is 4.79 Å². The van der Waals surface area contributed by atoms with Crippen LogP contribution in [0.15, 0.2) is 30.4 Å². The van der Waals surface area contributed by atoms with Gasteiger partial charge in [0, 0.05) is 0 Å². The molecule has 26 heavy (non-hydrogen) atoms. The Kier molecular flexibility index (Phi) is 4.66. The molecule has 0 saturated heterocycles. The summed E-state index contributed by atoms with van der Waals surface area (Å²) in [6, 6.07) is 6.45. The lowest BCUT2D eigenvalue weighted by molar-refractivity contribution is -0.151. The standard InChI is InChI=1S/C22H28O4/c1-14-4-3-5-17-18-7-6-16-13-22(18,12-15(16)2)20(19(14)17)21(24)26-11-10-25-9-8-23/h3-5,16,18,20,23H,2,6-13H2,1H3/t16?,18?,20-,22+/m1/s1. The molecule has 4 rings (SSSR count). The van der Waals surface area contributed by atoms with Gasteiger partial charge in [-0.15, -0.1) is 0 Å². The first kappa shape index (κ1) is 17.7. The van der Waals surface area contributed by atoms with Gasteiger partial charge in [-0.3, -0.25) is 4.79 Å². The number of carbonyl (C=O) groups excluding carboxylic acids is 1. The summed E-state index contributed by atoms with van der Waals surface area (Å²) in [5.41, 5.74) is 5.03. The first-order valence-electron chi connectivity index (χ1n) is 9.71. The Morgan fingerprint density at radius 2 is 2.15 bits per heavy atom. The fourth-order valence-electron chi connectivity index (χ4n) is 5.85. The van der Waals surface area contributed by atoms with Crippen molar-refractivity contribution in [2.75, 3.05) is 26.4 Å². The van der Waals surface area contributed by atoms with Crippen LogP contribution in [-0.4, -0.2) is 37.5 Å². The Morgan fingerprint density at radius 3 is 2.96 bits per heavy atom. The van der Waals surface area contributed by atoms with Gasteiger partial charge in [0.2, 0.25) is 0 Å². The summed E-state index contributed by atoms with van der Waals surface area (Å²) >= 11 is 0. The minimum atomic E-state index is -0.191. The Morgan fingerprint density at radius 1 is 1.31 bits per heavy atom. The molecule has 1 aromatic carbocycles. The van der Waals surface area contributed by atoms with Crippen LogP contribution in [0.25, 0.3) is 0 Å². The molecule has 0 radical (unpaired) electrons. The molecule has 3 aliphatic rings. The Hall–Kier alpha value is -1.65. The van der Waals surface area contributed by atoms with E-state index >= 15 is 0 Å². The molecule has 140 valence electrons. The number of hydrogen-bond acceptors (Lipinski definition) is 4. The molecule has 2 fully saturated rings. The Bertz CT molecular complexity index is 725. The monoisotopic (exact) mass is 356 g/mol. The number of fused-ring (bicyclic) bond motifs is 3. The highest BCUT2D eigenvalue weighted by Gasteiger charge is 2.62. The summed E-state index contributed by atoms with van der Waals surface area (Å²) in [4.78, 5) is 13.2. The SMILES string of the molecule is C=C1C[C@]23CC1CCC2c1cccc(C)c1[C@@H]3C(=O)OCCOCCO. The van der Waals surface area contributed by atoms with E-state index in [4.69, 9.17) is 14.6 Å². The fraction of sp³-hybridized carbons (Fsp3) is 0.591. The van der Waals surface area contributed by atoms with E-state index in [1.54, 1.807) is 0 Å². The van der Waals surface area contributed by atoms with Gasteiger partial charge in [-0.1, -0.05) is 30.4 Å². The van der Waals surface area contributed by atoms with Gasteiger partial charge in [-0.25, -0.2) is 0 Å². The van der Waals surface area contributed by atoms with Crippen molar-refractivity contribution in [2.45, 2.75) is 44.4 Å². The second-order valence-corrected chi connectivity index (χ2v) is 8.11. The number of aliphatic hydroxyl groups excluding tert-OH is 1. The lowest BCUT2D eigenvalue weighted by atomic mass is 9.64. The molecule has 1 aromatic rings. The van der Waals surface area contributed by atoms with Gasteiger partial charge in [0.05, 0.1) is 25.7 Å². The average Bonchev–Trinajstić information content (AvgIpc) is 3.05. The summed E-state index contributed by atoms with van der Waals surface area (Å²) in [6.07, 6.45) is 4.33. The van der Waals surface area contributed by atoms with Gasteiger partial charge >= 0.3 is 5.97 Å². The highest BCUT2D eigenvalue weighted by Crippen LogP contribution is 2.70. The number of aliphatic hydroxyl groups is 1. The zero-order valence-corrected chi connectivity index (χ0v) is 15.5. The van der Waals surface area contributed by atoms with E-state index in [1.807, 2.05) is 0 Å². The van der Waals surface area contributed by atoms with Crippen molar-refractivity contribution in [3.8, 4) is 0 Å². The predicted molar refractivity (Wildman–Crippen MR) is 99.1 cm³/mol. The van der Waals surface area contributed by atoms with Crippen LogP contribution >= 0.6 is 0 Å². The number of carbonyl (C=O) groups is 1. The molecule has 2 saturated carbocycles. The maximum Gasteiger partial charge on any atom is 0.314 e. The van der Waals surface area contributed by atoms with Gasteiger partial charge in [-0.2, -0.15) is 0 Å². The van der Waals surface area contributed by atoms with Crippen molar-refractivity contribution in [1.29, 1.82) is 0 Å². The lowest BCUT2D eigenvalue weighted by Gasteiger charge is -2.39. The minimum Gasteiger partial charge on any atom is -0.463 e. The molecular weight excluding hydrogens is 328 g/mol. The summed E-state index contributed by atoms with van der Waals surface area (Å²) in [5.74, 6) is 0.690. The number of rotatable bonds is 6. The highest BCUT2D eigenvalue weighted by molar-refractivity contribution is 5.83. The van der Waals surface area contributed by atoms with Gasteiger partial charge in [-0.05, 0) is 66.5 Å². The van der Waals surface area contributed by atoms with Crippen molar-refractivity contribution in [1.82, 2.24) is 0 Å². The third kappa shape index (κ3) is 2.62. The van der Waals surface area contributed by atoms with Crippen LogP contribution in [0, 0.1) is 18.3 Å². The van der Waals surface area contributed by atoms with Gasteiger partial charge in [0.1, 0.15) is 6.61 Å². The van der Waals surface area contributed by atoms with E-state index in [1.165, 1.54) is 28.7 Å². The first-order chi connectivity index (χ1) is 12.6. The Balaban J connectivity index is 1.63. The predicted octanol–water partition coefficient (Wildman–Crippen LogP) is 3.47. The molecule has 2 bridgehead atoms. The van der Waals surface area contributed by atoms with Crippen LogP contribution in [0.1, 0.15) is 54.2 Å². The Labute approximate surface area is 155 Å². The van der Waals surface area contributed by atoms with E-state index in [0.717, 1.165) is 19.3 Å². The van der Waals surface area contributed by atoms with Crippen molar-refractivity contribution >= 4 is 5.97 Å². The lowest BCUT2D eigenvalue weighted by Crippen LogP contribution is -2.35. The van der Waals surface area contributed by atoms with Gasteiger partial charge in [0.15, 0.2) is 0 Å². The quantitative estimate of drug-likeness (QED) is 0.482. The normalized spacial score (nSPS) is 31.6. The summed E-state index contributed by atoms with van der Waals surface area (Å²) in [6.45, 7) is 7.26. The topological polar surface area (TPSA) is 55.8 Å². The third-order valence-electron chi connectivity index (χ3n) is 6.80. The number of allylic oxidation sites excluding steroid dienone is 1. The first-order valence-corrected chi connectivity index (χ1v) is 9.71. The maximum atomic E-state index is 13.2. The second-order valence-electron chi connectivity index (χ2n) is 8.11. The molecule has 1 N–H and O–H groups in total. The smallest absolute Gasteiger partial charge is 0.314 e. The number of esters is 1. The van der Waals surface area contributed by atoms with Crippen LogP contribution in [0.4, 0.5) is 0 Å². The fourth-order valence-corrected chi connectivity index (χ4v) is 5.85. The van der Waals surface area contributed by atoms with E-state index < -0.39 is 0 Å². The average molecular weight is 356 g/mol. The largest absolute Gasteiger partial charge is 0.463 e. The second kappa shape index (κ2) is 6.82. The summed E-state index contributed by atoms with van der Waals surface area (Å²) < 4.78 is 10.9. The van der Waals surface area contributed by atoms with Crippen LogP contribution < -0.4 is 0 Å². The van der Waals surface area contributed by atoms with E-state index in [2.05, 4.69) is 31.7 Å². The molecular formula is C22H28O4. The zero-order chi connectivity index (χ0) is 18.3. The number of ether oxygens (including phenoxy) is 2. The summed E-state index contributed by atoms with van der Waals surface area (Å²) in [7, 11) is 0. The maximum absolute atomic E-state index is 13.2. The van der Waals surface area contributed by atoms with Gasteiger partial charge < -0.3 is 14.6 Å². The molecule has 0 amide bonds. The molecule has 0 aliphatic heterocycles. The molecule has 1 spiro atoms. The van der Waals surface area contributed by atoms with Crippen LogP contribution in [0.5, 0.6) is 0 Å². The van der Waals surface area contributed by atoms with Crippen molar-refractivity contribution in [2.24, 2.45) is 11.3 Å². The molecule has 0 heterocycles. The van der Waals surface area contributed by atoms with Gasteiger partial charge in [0.25, 0.3) is 0 Å². The highest BCUT2D eigenvalue weighted by atomic mass is 16.6. The molecule has 4 atom stereocenters. The van der Waals surface area contributed by atoms with E-state index in [0.29, 0.717) is 18.4 Å². The zero-order valence-electron chi connectivity index (χ0n) is 15.5. The van der Waals surface area contributed by atoms with Crippen LogP contribution in [0.2, 0.25) is 0 Å². The van der Waals surface area contributed by atoms with Crippen molar-refractivity contribution < 1.29 is 19.4 Å². The summed E-state index contributed by atoms with van der Waals surface area (Å²) in [5, 5.41) is 8.77. The number of aryl methyl sites for hydroxylation is 1. The van der Waals surface area contributed by atoms with E-state index in [-0.39, 0.29) is 37.1 Å². The molecule has 0 aromatic heterocycles. The number of benzene rings is 1. The van der Waals surface area contributed by atoms with Crippen molar-refractivity contribution in [3.05, 3.63) is 47.0 Å². The van der Waals surface area contributed by atoms with Crippen LogP contribution in [-0.2, 0) is 14.3 Å². The number of hydrogen-bond donors (Lipinski definition) is 1. The molecule has 2 unspecified atom stereocenters. The molecule has 3 aliphatic carbocycles. The molecule has 4 nitrogen and oxygen atoms in total. The van der Waals surface area contributed by atoms with Crippen molar-refractivity contribution in [3.63, 3.8) is 0 Å². The molecule has 4 heteroatoms. The third-order valence-corrected chi connectivity index (χ3v) is 6.80.